The van der Waals surface area contributed by atoms with E-state index < -0.39 is 23.8 Å². The first kappa shape index (κ1) is 17.1. The number of carbonyl (C=O) groups is 3. The Balaban J connectivity index is 1.82. The monoisotopic (exact) mass is 331 g/mol. The van der Waals surface area contributed by atoms with E-state index in [1.54, 1.807) is 0 Å². The van der Waals surface area contributed by atoms with Crippen molar-refractivity contribution in [2.45, 2.75) is 25.3 Å². The van der Waals surface area contributed by atoms with Crippen LogP contribution in [0.5, 0.6) is 0 Å². The van der Waals surface area contributed by atoms with Crippen molar-refractivity contribution < 1.29 is 18.8 Å². The Kier molecular flexibility index (Phi) is 5.61. The van der Waals surface area contributed by atoms with Crippen molar-refractivity contribution in [2.24, 2.45) is 11.5 Å². The molecule has 0 aliphatic heterocycles. The van der Waals surface area contributed by atoms with Gasteiger partial charge in [-0.3, -0.25) is 14.4 Å². The predicted molar refractivity (Wildman–Crippen MR) is 83.0 cm³/mol. The molecule has 3 amide bonds. The van der Waals surface area contributed by atoms with Crippen molar-refractivity contribution in [3.05, 3.63) is 36.2 Å². The molecule has 0 aliphatic carbocycles. The summed E-state index contributed by atoms with van der Waals surface area (Å²) in [6.07, 6.45) is 0.831. The fourth-order valence-electron chi connectivity index (χ4n) is 1.97. The first-order valence-electron chi connectivity index (χ1n) is 7.23. The van der Waals surface area contributed by atoms with Gasteiger partial charge in [0.15, 0.2) is 6.04 Å². The Morgan fingerprint density at radius 2 is 1.75 bits per heavy atom. The van der Waals surface area contributed by atoms with Crippen LogP contribution in [0, 0.1) is 0 Å². The summed E-state index contributed by atoms with van der Waals surface area (Å²) in [6.45, 7) is 0. The molecule has 1 aromatic heterocycles. The number of nitrogens with two attached hydrogens (primary N) is 2. The van der Waals surface area contributed by atoms with Crippen LogP contribution in [0.4, 0.5) is 0 Å². The number of hydrogen-bond acceptors (Lipinski definition) is 6. The second-order valence-corrected chi connectivity index (χ2v) is 5.03. The minimum atomic E-state index is -1.51. The van der Waals surface area contributed by atoms with Gasteiger partial charge in [-0.05, 0) is 18.6 Å². The molecule has 0 saturated carbocycles. The molecular weight excluding hydrogens is 314 g/mol. The summed E-state index contributed by atoms with van der Waals surface area (Å²) in [5.74, 6) is -1.72. The van der Waals surface area contributed by atoms with Crippen LogP contribution in [0.25, 0.3) is 11.5 Å². The Bertz CT molecular complexity index is 714. The third-order valence-corrected chi connectivity index (χ3v) is 3.16. The molecule has 0 bridgehead atoms. The van der Waals surface area contributed by atoms with E-state index in [-0.39, 0.29) is 6.42 Å². The molecule has 9 heteroatoms. The summed E-state index contributed by atoms with van der Waals surface area (Å²) >= 11 is 0. The van der Waals surface area contributed by atoms with Gasteiger partial charge in [0.05, 0.1) is 0 Å². The number of primary amides is 2. The Morgan fingerprint density at radius 1 is 1.08 bits per heavy atom. The number of nitrogens with zero attached hydrogens (tertiary/aromatic N) is 2. The van der Waals surface area contributed by atoms with Crippen molar-refractivity contribution in [1.82, 2.24) is 15.5 Å². The van der Waals surface area contributed by atoms with Gasteiger partial charge in [0, 0.05) is 18.4 Å². The number of aryl methyl sites for hydroxylation is 1. The van der Waals surface area contributed by atoms with Crippen molar-refractivity contribution in [3.8, 4) is 11.5 Å². The Morgan fingerprint density at radius 3 is 2.38 bits per heavy atom. The van der Waals surface area contributed by atoms with E-state index in [4.69, 9.17) is 15.9 Å². The van der Waals surface area contributed by atoms with Gasteiger partial charge in [0.1, 0.15) is 0 Å². The van der Waals surface area contributed by atoms with Gasteiger partial charge in [0.25, 0.3) is 0 Å². The molecule has 0 spiro atoms. The van der Waals surface area contributed by atoms with Crippen LogP contribution in [0.2, 0.25) is 0 Å². The summed E-state index contributed by atoms with van der Waals surface area (Å²) in [5.41, 5.74) is 10.8. The predicted octanol–water partition coefficient (Wildman–Crippen LogP) is -0.485. The molecule has 0 radical (unpaired) electrons. The van der Waals surface area contributed by atoms with Crippen LogP contribution >= 0.6 is 0 Å². The molecule has 2 aromatic rings. The summed E-state index contributed by atoms with van der Waals surface area (Å²) < 4.78 is 5.51. The van der Waals surface area contributed by atoms with Crippen molar-refractivity contribution in [1.29, 1.82) is 0 Å². The number of benzene rings is 1. The van der Waals surface area contributed by atoms with Gasteiger partial charge in [-0.15, -0.1) is 10.2 Å². The van der Waals surface area contributed by atoms with Crippen LogP contribution in [0.3, 0.4) is 0 Å². The van der Waals surface area contributed by atoms with Gasteiger partial charge in [-0.2, -0.15) is 0 Å². The lowest BCUT2D eigenvalue weighted by Gasteiger charge is -2.11. The van der Waals surface area contributed by atoms with E-state index >= 15 is 0 Å². The standard InChI is InChI=1S/C15H17N5O4/c16-13(22)12(14(17)23)18-10(21)7-4-8-11-19-20-15(24-11)9-5-2-1-3-6-9/h1-3,5-6,12H,4,7-8H2,(H2,16,22)(H2,17,23)(H,18,21). The molecule has 0 fully saturated rings. The van der Waals surface area contributed by atoms with E-state index in [1.807, 2.05) is 30.3 Å². The van der Waals surface area contributed by atoms with E-state index in [0.29, 0.717) is 24.6 Å². The van der Waals surface area contributed by atoms with E-state index in [9.17, 15) is 14.4 Å². The largest absolute Gasteiger partial charge is 0.421 e. The maximum atomic E-state index is 11.7. The van der Waals surface area contributed by atoms with Crippen molar-refractivity contribution in [3.63, 3.8) is 0 Å². The van der Waals surface area contributed by atoms with E-state index in [2.05, 4.69) is 15.5 Å². The fraction of sp³-hybridized carbons (Fsp3) is 0.267. The lowest BCUT2D eigenvalue weighted by molar-refractivity contribution is -0.134. The third-order valence-electron chi connectivity index (χ3n) is 3.16. The summed E-state index contributed by atoms with van der Waals surface area (Å²) in [6, 6.07) is 7.78. The molecule has 0 saturated heterocycles. The van der Waals surface area contributed by atoms with Gasteiger partial charge < -0.3 is 21.2 Å². The smallest absolute Gasteiger partial charge is 0.249 e. The zero-order chi connectivity index (χ0) is 17.5. The maximum Gasteiger partial charge on any atom is 0.249 e. The molecular formula is C15H17N5O4. The van der Waals surface area contributed by atoms with E-state index in [1.165, 1.54) is 0 Å². The number of aromatic nitrogens is 2. The van der Waals surface area contributed by atoms with Gasteiger partial charge in [0.2, 0.25) is 29.5 Å². The number of carbonyl (C=O) groups excluding carboxylic acids is 3. The van der Waals surface area contributed by atoms with Crippen LogP contribution in [0.15, 0.2) is 34.7 Å². The van der Waals surface area contributed by atoms with E-state index in [0.717, 1.165) is 5.56 Å². The number of rotatable bonds is 8. The first-order chi connectivity index (χ1) is 11.5. The first-order valence-corrected chi connectivity index (χ1v) is 7.23. The molecule has 2 rings (SSSR count). The molecule has 126 valence electrons. The average Bonchev–Trinajstić information content (AvgIpc) is 3.02. The lowest BCUT2D eigenvalue weighted by Crippen LogP contribution is -2.52. The summed E-state index contributed by atoms with van der Waals surface area (Å²) in [7, 11) is 0. The van der Waals surface area contributed by atoms with Crippen molar-refractivity contribution in [2.75, 3.05) is 0 Å². The lowest BCUT2D eigenvalue weighted by atomic mass is 10.2. The maximum absolute atomic E-state index is 11.7. The second kappa shape index (κ2) is 7.86. The summed E-state index contributed by atoms with van der Waals surface area (Å²) in [5, 5.41) is 10.0. The fourth-order valence-corrected chi connectivity index (χ4v) is 1.97. The minimum absolute atomic E-state index is 0.0557. The quantitative estimate of drug-likeness (QED) is 0.555. The van der Waals surface area contributed by atoms with Crippen LogP contribution in [-0.2, 0) is 20.8 Å². The number of amides is 3. The number of hydrogen-bond donors (Lipinski definition) is 3. The SMILES string of the molecule is NC(=O)C(NC(=O)CCCc1nnc(-c2ccccc2)o1)C(N)=O. The normalized spacial score (nSPS) is 10.5. The second-order valence-electron chi connectivity index (χ2n) is 5.03. The topological polar surface area (TPSA) is 154 Å². The van der Waals surface area contributed by atoms with Gasteiger partial charge in [-0.1, -0.05) is 18.2 Å². The molecule has 1 aromatic carbocycles. The highest BCUT2D eigenvalue weighted by atomic mass is 16.4. The Hall–Kier alpha value is -3.23. The molecule has 24 heavy (non-hydrogen) atoms. The minimum Gasteiger partial charge on any atom is -0.421 e. The third kappa shape index (κ3) is 4.63. The average molecular weight is 331 g/mol. The highest BCUT2D eigenvalue weighted by Crippen LogP contribution is 2.17. The molecule has 1 heterocycles. The van der Waals surface area contributed by atoms with Crippen LogP contribution in [0.1, 0.15) is 18.7 Å². The molecule has 0 atom stereocenters. The summed E-state index contributed by atoms with van der Waals surface area (Å²) in [4.78, 5) is 33.7. The van der Waals surface area contributed by atoms with Crippen molar-refractivity contribution >= 4 is 17.7 Å². The molecule has 0 aliphatic rings. The molecule has 0 unspecified atom stereocenters. The molecule has 5 N–H and O–H groups in total. The van der Waals surface area contributed by atoms with Gasteiger partial charge >= 0.3 is 0 Å². The molecule has 9 nitrogen and oxygen atoms in total. The highest BCUT2D eigenvalue weighted by molar-refractivity contribution is 6.05. The van der Waals surface area contributed by atoms with Crippen LogP contribution < -0.4 is 16.8 Å². The van der Waals surface area contributed by atoms with Gasteiger partial charge in [-0.25, -0.2) is 0 Å². The zero-order valence-electron chi connectivity index (χ0n) is 12.8. The Labute approximate surface area is 137 Å². The highest BCUT2D eigenvalue weighted by Gasteiger charge is 2.23. The number of nitrogens with one attached hydrogen (secondary N) is 1. The van der Waals surface area contributed by atoms with Crippen LogP contribution in [-0.4, -0.2) is 34.0 Å². The zero-order valence-corrected chi connectivity index (χ0v) is 12.8.